The minimum Gasteiger partial charge on any atom is -0.0933 e. The van der Waals surface area contributed by atoms with Crippen molar-refractivity contribution in [1.29, 1.82) is 0 Å². The van der Waals surface area contributed by atoms with Crippen molar-refractivity contribution < 1.29 is 0 Å². The molecule has 0 spiro atoms. The van der Waals surface area contributed by atoms with Crippen molar-refractivity contribution in [2.75, 3.05) is 0 Å². The lowest BCUT2D eigenvalue weighted by Crippen LogP contribution is -2.15. The third-order valence-electron chi connectivity index (χ3n) is 7.46. The monoisotopic (exact) mass is 466 g/mol. The van der Waals surface area contributed by atoms with Crippen LogP contribution < -0.4 is 0 Å². The van der Waals surface area contributed by atoms with Gasteiger partial charge in [0.05, 0.1) is 0 Å². The van der Waals surface area contributed by atoms with Crippen LogP contribution in [0.4, 0.5) is 0 Å². The number of benzene rings is 1. The van der Waals surface area contributed by atoms with Crippen LogP contribution in [0.1, 0.15) is 102 Å². The molecule has 2 heteroatoms. The topological polar surface area (TPSA) is 0 Å². The van der Waals surface area contributed by atoms with Crippen molar-refractivity contribution in [3.63, 3.8) is 0 Å². The molecule has 1 aromatic rings. The Morgan fingerprint density at radius 1 is 0.906 bits per heavy atom. The molecule has 2 unspecified atom stereocenters. The summed E-state index contributed by atoms with van der Waals surface area (Å²) in [6.45, 7) is 6.83. The van der Waals surface area contributed by atoms with Gasteiger partial charge in [0.25, 0.3) is 0 Å². The van der Waals surface area contributed by atoms with Gasteiger partial charge in [-0.1, -0.05) is 106 Å². The second kappa shape index (κ2) is 12.6. The van der Waals surface area contributed by atoms with Gasteiger partial charge >= 0.3 is 0 Å². The van der Waals surface area contributed by atoms with Crippen LogP contribution in [0.15, 0.2) is 62.1 Å². The maximum Gasteiger partial charge on any atom is 0.0261 e. The second-order valence-corrected chi connectivity index (χ2v) is 12.3. The highest BCUT2D eigenvalue weighted by molar-refractivity contribution is 8.07. The molecule has 0 saturated heterocycles. The van der Waals surface area contributed by atoms with Crippen molar-refractivity contribution >= 4 is 23.5 Å². The van der Waals surface area contributed by atoms with Gasteiger partial charge in [0.1, 0.15) is 0 Å². The average molecular weight is 467 g/mol. The normalized spacial score (nSPS) is 23.1. The number of unbranched alkanes of at least 4 members (excludes halogenated alkanes) is 7. The standard InChI is InChI=1S/C30H42S2/c1-3-4-5-6-7-8-9-11-14-24-17-20-28-30(21-24)31-23(2)27-19-18-26(22-29(27)32-28)25-15-12-10-13-16-25/h15,17,20-22,26-27H,2-14,16,18-19H2,1H3. The molecule has 0 amide bonds. The summed E-state index contributed by atoms with van der Waals surface area (Å²) in [6, 6.07) is 7.26. The van der Waals surface area contributed by atoms with E-state index in [1.807, 2.05) is 23.5 Å². The van der Waals surface area contributed by atoms with Gasteiger partial charge in [-0.15, -0.1) is 0 Å². The zero-order chi connectivity index (χ0) is 22.2. The van der Waals surface area contributed by atoms with Gasteiger partial charge in [0, 0.05) is 15.7 Å². The molecule has 2 aliphatic carbocycles. The molecule has 32 heavy (non-hydrogen) atoms. The quantitative estimate of drug-likeness (QED) is 0.248. The van der Waals surface area contributed by atoms with E-state index >= 15 is 0 Å². The molecule has 1 aromatic carbocycles. The van der Waals surface area contributed by atoms with E-state index in [1.165, 1.54) is 117 Å². The van der Waals surface area contributed by atoms with E-state index in [1.54, 1.807) is 10.5 Å². The van der Waals surface area contributed by atoms with E-state index < -0.39 is 0 Å². The molecule has 4 rings (SSSR count). The molecular weight excluding hydrogens is 424 g/mol. The Hall–Kier alpha value is -0.860. The third-order valence-corrected chi connectivity index (χ3v) is 9.93. The molecule has 0 aromatic heterocycles. The Balaban J connectivity index is 1.35. The predicted octanol–water partition coefficient (Wildman–Crippen LogP) is 10.5. The number of hydrogen-bond donors (Lipinski definition) is 0. The van der Waals surface area contributed by atoms with Crippen LogP contribution in [0.5, 0.6) is 0 Å². The van der Waals surface area contributed by atoms with Gasteiger partial charge in [-0.05, 0) is 84.8 Å². The molecule has 0 nitrogen and oxygen atoms in total. The summed E-state index contributed by atoms with van der Waals surface area (Å²) in [5, 5.41) is 0. The number of allylic oxidation sites excluding steroid dienone is 5. The van der Waals surface area contributed by atoms with Crippen molar-refractivity contribution in [3.8, 4) is 0 Å². The number of rotatable bonds is 10. The summed E-state index contributed by atoms with van der Waals surface area (Å²) in [4.78, 5) is 5.83. The molecule has 0 bridgehead atoms. The largest absolute Gasteiger partial charge is 0.0933 e. The first kappa shape index (κ1) is 24.3. The van der Waals surface area contributed by atoms with Gasteiger partial charge in [-0.25, -0.2) is 0 Å². The molecule has 1 aliphatic heterocycles. The van der Waals surface area contributed by atoms with Crippen LogP contribution in [-0.2, 0) is 6.42 Å². The molecule has 1 heterocycles. The second-order valence-electron chi connectivity index (χ2n) is 10.0. The van der Waals surface area contributed by atoms with Gasteiger partial charge < -0.3 is 0 Å². The summed E-state index contributed by atoms with van der Waals surface area (Å²) in [6.07, 6.45) is 25.5. The summed E-state index contributed by atoms with van der Waals surface area (Å²) in [7, 11) is 0. The fourth-order valence-electron chi connectivity index (χ4n) is 5.48. The number of fused-ring (bicyclic) bond motifs is 2. The van der Waals surface area contributed by atoms with Crippen LogP contribution in [-0.4, -0.2) is 0 Å². The highest BCUT2D eigenvalue weighted by Gasteiger charge is 2.31. The smallest absolute Gasteiger partial charge is 0.0261 e. The van der Waals surface area contributed by atoms with Gasteiger partial charge in [0.15, 0.2) is 0 Å². The Labute approximate surface area is 205 Å². The van der Waals surface area contributed by atoms with Crippen molar-refractivity contribution in [2.45, 2.75) is 113 Å². The van der Waals surface area contributed by atoms with Crippen LogP contribution in [0.3, 0.4) is 0 Å². The first-order valence-corrected chi connectivity index (χ1v) is 15.0. The highest BCUT2D eigenvalue weighted by atomic mass is 32.2. The Kier molecular flexibility index (Phi) is 9.53. The molecule has 2 atom stereocenters. The minimum atomic E-state index is 0.550. The first-order valence-electron chi connectivity index (χ1n) is 13.3. The third kappa shape index (κ3) is 6.60. The summed E-state index contributed by atoms with van der Waals surface area (Å²) >= 11 is 3.99. The van der Waals surface area contributed by atoms with Crippen molar-refractivity contribution in [3.05, 3.63) is 57.9 Å². The van der Waals surface area contributed by atoms with Crippen LogP contribution in [0, 0.1) is 11.8 Å². The van der Waals surface area contributed by atoms with Gasteiger partial charge in [-0.3, -0.25) is 0 Å². The van der Waals surface area contributed by atoms with E-state index in [2.05, 4.69) is 43.9 Å². The van der Waals surface area contributed by atoms with E-state index in [9.17, 15) is 0 Å². The Morgan fingerprint density at radius 2 is 1.72 bits per heavy atom. The van der Waals surface area contributed by atoms with Crippen LogP contribution in [0.2, 0.25) is 0 Å². The van der Waals surface area contributed by atoms with Crippen molar-refractivity contribution in [1.82, 2.24) is 0 Å². The van der Waals surface area contributed by atoms with E-state index in [0.29, 0.717) is 11.8 Å². The van der Waals surface area contributed by atoms with E-state index in [0.717, 1.165) is 0 Å². The lowest BCUT2D eigenvalue weighted by Gasteiger charge is -2.30. The Morgan fingerprint density at radius 3 is 2.50 bits per heavy atom. The minimum absolute atomic E-state index is 0.550. The molecule has 0 radical (unpaired) electrons. The molecule has 0 saturated carbocycles. The lowest BCUT2D eigenvalue weighted by molar-refractivity contribution is 0.510. The summed E-state index contributed by atoms with van der Waals surface area (Å²) < 4.78 is 0. The zero-order valence-corrected chi connectivity index (χ0v) is 21.8. The fraction of sp³-hybridized carbons (Fsp3) is 0.600. The van der Waals surface area contributed by atoms with E-state index in [-0.39, 0.29) is 0 Å². The SMILES string of the molecule is C=C1Sc2cc(CCCCCCCCCC)ccc2SC2=CC(C3=CCCCC3)CCC12. The first-order chi connectivity index (χ1) is 15.7. The van der Waals surface area contributed by atoms with Crippen LogP contribution >= 0.6 is 23.5 Å². The highest BCUT2D eigenvalue weighted by Crippen LogP contribution is 2.53. The van der Waals surface area contributed by atoms with Gasteiger partial charge in [-0.2, -0.15) is 0 Å². The molecule has 3 aliphatic rings. The number of hydrogen-bond acceptors (Lipinski definition) is 2. The molecule has 0 fully saturated rings. The number of aryl methyl sites for hydroxylation is 1. The molecule has 174 valence electrons. The predicted molar refractivity (Wildman–Crippen MR) is 144 cm³/mol. The molecular formula is C30H42S2. The maximum absolute atomic E-state index is 4.54. The zero-order valence-electron chi connectivity index (χ0n) is 20.2. The fourth-order valence-corrected chi connectivity index (χ4v) is 8.03. The summed E-state index contributed by atoms with van der Waals surface area (Å²) in [5.74, 6) is 1.23. The Bertz CT molecular complexity index is 831. The molecule has 0 N–H and O–H groups in total. The maximum atomic E-state index is 4.54. The number of thioether (sulfide) groups is 2. The summed E-state index contributed by atoms with van der Waals surface area (Å²) in [5.41, 5.74) is 3.23. The van der Waals surface area contributed by atoms with Crippen LogP contribution in [0.25, 0.3) is 0 Å². The lowest BCUT2D eigenvalue weighted by atomic mass is 9.80. The average Bonchev–Trinajstić information content (AvgIpc) is 2.96. The van der Waals surface area contributed by atoms with Crippen molar-refractivity contribution in [2.24, 2.45) is 11.8 Å². The van der Waals surface area contributed by atoms with E-state index in [4.69, 9.17) is 0 Å². The van der Waals surface area contributed by atoms with Gasteiger partial charge in [0.2, 0.25) is 0 Å².